The van der Waals surface area contributed by atoms with Crippen LogP contribution >= 0.6 is 0 Å². The Balaban J connectivity index is 1.98. The van der Waals surface area contributed by atoms with Gasteiger partial charge in [-0.05, 0) is 49.4 Å². The molecule has 0 saturated carbocycles. The van der Waals surface area contributed by atoms with Crippen molar-refractivity contribution >= 4 is 5.82 Å². The summed E-state index contributed by atoms with van der Waals surface area (Å²) in [6.45, 7) is 10.6. The molecule has 1 atom stereocenters. The van der Waals surface area contributed by atoms with Crippen molar-refractivity contribution in [2.24, 2.45) is 5.92 Å². The van der Waals surface area contributed by atoms with Crippen molar-refractivity contribution in [3.05, 3.63) is 23.4 Å². The number of hydrogen-bond acceptors (Lipinski definition) is 4. The summed E-state index contributed by atoms with van der Waals surface area (Å²) in [4.78, 5) is 7.06. The number of aryl methyl sites for hydroxylation is 1. The van der Waals surface area contributed by atoms with Crippen LogP contribution in [0.4, 0.5) is 5.82 Å². The van der Waals surface area contributed by atoms with Gasteiger partial charge in [-0.2, -0.15) is 0 Å². The smallest absolute Gasteiger partial charge is 0.131 e. The van der Waals surface area contributed by atoms with E-state index >= 15 is 0 Å². The van der Waals surface area contributed by atoms with Gasteiger partial charge in [0.2, 0.25) is 0 Å². The molecule has 118 valence electrons. The van der Waals surface area contributed by atoms with E-state index < -0.39 is 0 Å². The molecule has 1 aliphatic rings. The molecule has 2 heterocycles. The highest BCUT2D eigenvalue weighted by molar-refractivity contribution is 5.47. The average molecular weight is 291 g/mol. The van der Waals surface area contributed by atoms with Crippen LogP contribution in [-0.4, -0.2) is 37.8 Å². The summed E-state index contributed by atoms with van der Waals surface area (Å²) in [5.74, 6) is 1.79. The number of ether oxygens (including phenoxy) is 1. The van der Waals surface area contributed by atoms with Crippen molar-refractivity contribution in [1.82, 2.24) is 10.3 Å². The summed E-state index contributed by atoms with van der Waals surface area (Å²) in [5, 5.41) is 3.47. The zero-order chi connectivity index (χ0) is 15.2. The second-order valence-electron chi connectivity index (χ2n) is 6.45. The van der Waals surface area contributed by atoms with E-state index in [0.717, 1.165) is 38.4 Å². The Hall–Kier alpha value is -1.13. The quantitative estimate of drug-likeness (QED) is 0.874. The van der Waals surface area contributed by atoms with Gasteiger partial charge in [-0.15, -0.1) is 0 Å². The second kappa shape index (κ2) is 7.76. The molecule has 0 aliphatic carbocycles. The predicted octanol–water partition coefficient (Wildman–Crippen LogP) is 2.75. The molecule has 0 amide bonds. The molecular formula is C17H29N3O. The lowest BCUT2D eigenvalue weighted by Gasteiger charge is -2.33. The maximum absolute atomic E-state index is 5.50. The molecule has 0 bridgehead atoms. The normalized spacial score (nSPS) is 19.3. The molecule has 2 rings (SSSR count). The van der Waals surface area contributed by atoms with Crippen LogP contribution in [0.1, 0.15) is 37.8 Å². The van der Waals surface area contributed by atoms with Crippen LogP contribution in [0, 0.1) is 12.8 Å². The molecule has 1 aromatic rings. The third-order valence-corrected chi connectivity index (χ3v) is 4.00. The topological polar surface area (TPSA) is 37.4 Å². The number of anilines is 1. The first-order chi connectivity index (χ1) is 10.1. The summed E-state index contributed by atoms with van der Waals surface area (Å²) in [5.41, 5.74) is 2.52. The molecule has 4 nitrogen and oxygen atoms in total. The van der Waals surface area contributed by atoms with Crippen LogP contribution in [0.3, 0.4) is 0 Å². The molecule has 1 aliphatic heterocycles. The number of methoxy groups -OCH3 is 1. The standard InChI is InChI=1S/C17H29N3O/c1-13(2)9-18-10-15-8-14(3)17(19-11-15)20-7-5-6-16(12-20)21-4/h8,11,13,16,18H,5-7,9-10,12H2,1-4H3. The van der Waals surface area contributed by atoms with Gasteiger partial charge < -0.3 is 15.0 Å². The van der Waals surface area contributed by atoms with Crippen molar-refractivity contribution in [2.75, 3.05) is 31.6 Å². The molecule has 1 N–H and O–H groups in total. The van der Waals surface area contributed by atoms with Crippen LogP contribution in [0.2, 0.25) is 0 Å². The molecular weight excluding hydrogens is 262 g/mol. The fraction of sp³-hybridized carbons (Fsp3) is 0.706. The Morgan fingerprint density at radius 1 is 1.48 bits per heavy atom. The first-order valence-corrected chi connectivity index (χ1v) is 8.04. The SMILES string of the molecule is COC1CCCN(c2ncc(CNCC(C)C)cc2C)C1. The molecule has 1 fully saturated rings. The minimum atomic E-state index is 0.340. The number of hydrogen-bond donors (Lipinski definition) is 1. The van der Waals surface area contributed by atoms with Crippen molar-refractivity contribution in [2.45, 2.75) is 46.3 Å². The van der Waals surface area contributed by atoms with Crippen LogP contribution in [0.15, 0.2) is 12.3 Å². The summed E-state index contributed by atoms with van der Waals surface area (Å²) in [6.07, 6.45) is 4.68. The zero-order valence-electron chi connectivity index (χ0n) is 13.9. The molecule has 4 heteroatoms. The number of nitrogens with zero attached hydrogens (tertiary/aromatic N) is 2. The highest BCUT2D eigenvalue weighted by Gasteiger charge is 2.21. The number of nitrogens with one attached hydrogen (secondary N) is 1. The monoisotopic (exact) mass is 291 g/mol. The maximum atomic E-state index is 5.50. The fourth-order valence-electron chi connectivity index (χ4n) is 2.88. The molecule has 0 spiro atoms. The molecule has 1 unspecified atom stereocenters. The lowest BCUT2D eigenvalue weighted by molar-refractivity contribution is 0.0891. The molecule has 1 aromatic heterocycles. The maximum Gasteiger partial charge on any atom is 0.131 e. The average Bonchev–Trinajstić information content (AvgIpc) is 2.47. The Bertz CT molecular complexity index is 448. The van der Waals surface area contributed by atoms with E-state index in [4.69, 9.17) is 9.72 Å². The van der Waals surface area contributed by atoms with Crippen LogP contribution in [0.5, 0.6) is 0 Å². The molecule has 21 heavy (non-hydrogen) atoms. The summed E-state index contributed by atoms with van der Waals surface area (Å²) < 4.78 is 5.50. The van der Waals surface area contributed by atoms with Crippen molar-refractivity contribution in [1.29, 1.82) is 0 Å². The van der Waals surface area contributed by atoms with Gasteiger partial charge in [-0.1, -0.05) is 13.8 Å². The van der Waals surface area contributed by atoms with Gasteiger partial charge in [-0.25, -0.2) is 4.98 Å². The van der Waals surface area contributed by atoms with E-state index in [-0.39, 0.29) is 0 Å². The summed E-state index contributed by atoms with van der Waals surface area (Å²) >= 11 is 0. The van der Waals surface area contributed by atoms with Crippen molar-refractivity contribution < 1.29 is 4.74 Å². The first kappa shape index (κ1) is 16.2. The van der Waals surface area contributed by atoms with Crippen molar-refractivity contribution in [3.63, 3.8) is 0 Å². The van der Waals surface area contributed by atoms with Gasteiger partial charge in [0, 0.05) is 32.9 Å². The number of pyridine rings is 1. The van der Waals surface area contributed by atoms with Gasteiger partial charge in [0.05, 0.1) is 6.10 Å². The number of piperidine rings is 1. The lowest BCUT2D eigenvalue weighted by atomic mass is 10.1. The van der Waals surface area contributed by atoms with E-state index in [0.29, 0.717) is 12.0 Å². The highest BCUT2D eigenvalue weighted by Crippen LogP contribution is 2.23. The van der Waals surface area contributed by atoms with Crippen LogP contribution < -0.4 is 10.2 Å². The van der Waals surface area contributed by atoms with Gasteiger partial charge in [-0.3, -0.25) is 0 Å². The second-order valence-corrected chi connectivity index (χ2v) is 6.45. The highest BCUT2D eigenvalue weighted by atomic mass is 16.5. The third-order valence-electron chi connectivity index (χ3n) is 4.00. The minimum Gasteiger partial charge on any atom is -0.380 e. The Kier molecular flexibility index (Phi) is 6.00. The molecule has 0 aromatic carbocycles. The van der Waals surface area contributed by atoms with Gasteiger partial charge in [0.25, 0.3) is 0 Å². The number of rotatable bonds is 6. The molecule has 1 saturated heterocycles. The van der Waals surface area contributed by atoms with E-state index in [9.17, 15) is 0 Å². The molecule has 0 radical (unpaired) electrons. The zero-order valence-corrected chi connectivity index (χ0v) is 13.9. The Labute approximate surface area is 128 Å². The summed E-state index contributed by atoms with van der Waals surface area (Å²) in [7, 11) is 1.80. The van der Waals surface area contributed by atoms with E-state index in [1.54, 1.807) is 7.11 Å². The van der Waals surface area contributed by atoms with E-state index in [1.165, 1.54) is 17.5 Å². The number of aromatic nitrogens is 1. The minimum absolute atomic E-state index is 0.340. The van der Waals surface area contributed by atoms with Gasteiger partial charge in [0.15, 0.2) is 0 Å². The summed E-state index contributed by atoms with van der Waals surface area (Å²) in [6, 6.07) is 2.26. The van der Waals surface area contributed by atoms with E-state index in [2.05, 4.69) is 37.1 Å². The fourth-order valence-corrected chi connectivity index (χ4v) is 2.88. The first-order valence-electron chi connectivity index (χ1n) is 8.04. The lowest BCUT2D eigenvalue weighted by Crippen LogP contribution is -2.40. The largest absolute Gasteiger partial charge is 0.380 e. The van der Waals surface area contributed by atoms with Crippen LogP contribution in [0.25, 0.3) is 0 Å². The Morgan fingerprint density at radius 2 is 2.29 bits per heavy atom. The Morgan fingerprint density at radius 3 is 2.95 bits per heavy atom. The van der Waals surface area contributed by atoms with Crippen molar-refractivity contribution in [3.8, 4) is 0 Å². The van der Waals surface area contributed by atoms with Gasteiger partial charge >= 0.3 is 0 Å². The van der Waals surface area contributed by atoms with Gasteiger partial charge in [0.1, 0.15) is 5.82 Å². The van der Waals surface area contributed by atoms with E-state index in [1.807, 2.05) is 6.20 Å². The predicted molar refractivity (Wildman–Crippen MR) is 87.8 cm³/mol. The van der Waals surface area contributed by atoms with Crippen LogP contribution in [-0.2, 0) is 11.3 Å². The third kappa shape index (κ3) is 4.68.